The summed E-state index contributed by atoms with van der Waals surface area (Å²) >= 11 is 6.03. The molecule has 1 aliphatic carbocycles. The van der Waals surface area contributed by atoms with Crippen molar-refractivity contribution in [3.05, 3.63) is 77.0 Å². The third kappa shape index (κ3) is 4.03. The molecule has 2 aromatic rings. The van der Waals surface area contributed by atoms with Crippen LogP contribution in [0.15, 0.2) is 66.4 Å². The molecular weight excluding hydrogens is 374 g/mol. The summed E-state index contributed by atoms with van der Waals surface area (Å²) in [6, 6.07) is 16.6. The summed E-state index contributed by atoms with van der Waals surface area (Å²) in [6.45, 7) is 4.60. The maximum absolute atomic E-state index is 12.7. The smallest absolute Gasteiger partial charge is 0.139 e. The van der Waals surface area contributed by atoms with Crippen molar-refractivity contribution in [1.29, 1.82) is 0 Å². The number of benzene rings is 2. The number of allylic oxidation sites excluding steroid dienone is 1. The van der Waals surface area contributed by atoms with Gasteiger partial charge in [0, 0.05) is 22.3 Å². The summed E-state index contributed by atoms with van der Waals surface area (Å²) < 4.78 is 0. The molecular formula is C23H24ClNO3. The summed E-state index contributed by atoms with van der Waals surface area (Å²) in [4.78, 5) is 25.3. The molecule has 0 bridgehead atoms. The molecule has 2 N–H and O–H groups in total. The number of rotatable bonds is 5. The number of halogens is 1. The van der Waals surface area contributed by atoms with Crippen LogP contribution in [-0.4, -0.2) is 22.3 Å². The van der Waals surface area contributed by atoms with Gasteiger partial charge in [-0.25, -0.2) is 0 Å². The van der Waals surface area contributed by atoms with Crippen LogP contribution in [0.2, 0.25) is 5.02 Å². The van der Waals surface area contributed by atoms with Crippen molar-refractivity contribution in [3.8, 4) is 0 Å². The summed E-state index contributed by atoms with van der Waals surface area (Å²) in [5.41, 5.74) is 0.803. The third-order valence-electron chi connectivity index (χ3n) is 5.32. The lowest BCUT2D eigenvalue weighted by Crippen LogP contribution is -2.49. The Morgan fingerprint density at radius 2 is 1.61 bits per heavy atom. The molecule has 0 fully saturated rings. The minimum Gasteiger partial charge on any atom is -0.385 e. The van der Waals surface area contributed by atoms with E-state index in [0.717, 1.165) is 11.3 Å². The van der Waals surface area contributed by atoms with Crippen molar-refractivity contribution < 1.29 is 14.7 Å². The van der Waals surface area contributed by atoms with Gasteiger partial charge in [-0.2, -0.15) is 0 Å². The zero-order valence-electron chi connectivity index (χ0n) is 16.1. The first-order valence-corrected chi connectivity index (χ1v) is 9.62. The SMILES string of the molecule is CC(=O)[C@H]1C(Nc2ccccc2)=C[C@@](C)(O)[C@@H](C(C)=O)[C@@H]1c1ccc(Cl)cc1. The minimum absolute atomic E-state index is 0.0728. The number of hydrogen-bond acceptors (Lipinski definition) is 4. The highest BCUT2D eigenvalue weighted by Gasteiger charge is 2.50. The van der Waals surface area contributed by atoms with Crippen LogP contribution in [0.5, 0.6) is 0 Å². The number of aliphatic hydroxyl groups is 1. The van der Waals surface area contributed by atoms with E-state index in [-0.39, 0.29) is 11.6 Å². The molecule has 146 valence electrons. The molecule has 0 saturated heterocycles. The Balaban J connectivity index is 2.16. The first-order chi connectivity index (χ1) is 13.2. The Bertz CT molecular complexity index is 903. The fourth-order valence-electron chi connectivity index (χ4n) is 4.25. The second-order valence-corrected chi connectivity index (χ2v) is 8.01. The lowest BCUT2D eigenvalue weighted by Gasteiger charge is -2.44. The molecule has 28 heavy (non-hydrogen) atoms. The lowest BCUT2D eigenvalue weighted by molar-refractivity contribution is -0.131. The Kier molecular flexibility index (Phi) is 5.73. The molecule has 0 radical (unpaired) electrons. The molecule has 0 saturated carbocycles. The average molecular weight is 398 g/mol. The molecule has 4 nitrogen and oxygen atoms in total. The van der Waals surface area contributed by atoms with E-state index in [1.54, 1.807) is 25.1 Å². The molecule has 0 unspecified atom stereocenters. The number of carbonyl (C=O) groups excluding carboxylic acids is 2. The topological polar surface area (TPSA) is 66.4 Å². The van der Waals surface area contributed by atoms with Crippen molar-refractivity contribution in [2.75, 3.05) is 5.32 Å². The van der Waals surface area contributed by atoms with Crippen molar-refractivity contribution in [2.45, 2.75) is 32.3 Å². The molecule has 0 amide bonds. The van der Waals surface area contributed by atoms with E-state index < -0.39 is 23.4 Å². The van der Waals surface area contributed by atoms with Gasteiger partial charge in [0.1, 0.15) is 11.6 Å². The van der Waals surface area contributed by atoms with Crippen molar-refractivity contribution >= 4 is 28.9 Å². The maximum Gasteiger partial charge on any atom is 0.139 e. The predicted octanol–water partition coefficient (Wildman–Crippen LogP) is 4.59. The molecule has 0 heterocycles. The first kappa shape index (κ1) is 20.3. The normalized spacial score (nSPS) is 27.0. The monoisotopic (exact) mass is 397 g/mol. The molecule has 2 aromatic carbocycles. The van der Waals surface area contributed by atoms with E-state index in [9.17, 15) is 14.7 Å². The van der Waals surface area contributed by atoms with E-state index in [0.29, 0.717) is 10.7 Å². The molecule has 0 aromatic heterocycles. The number of hydrogen-bond donors (Lipinski definition) is 2. The Morgan fingerprint density at radius 3 is 2.14 bits per heavy atom. The molecule has 1 aliphatic rings. The number of para-hydroxylation sites is 1. The van der Waals surface area contributed by atoms with Gasteiger partial charge in [-0.05, 0) is 56.7 Å². The molecule has 0 spiro atoms. The van der Waals surface area contributed by atoms with Gasteiger partial charge >= 0.3 is 0 Å². The number of anilines is 1. The van der Waals surface area contributed by atoms with Crippen molar-refractivity contribution in [2.24, 2.45) is 11.8 Å². The lowest BCUT2D eigenvalue weighted by atomic mass is 9.62. The highest BCUT2D eigenvalue weighted by atomic mass is 35.5. The number of ketones is 2. The van der Waals surface area contributed by atoms with Crippen LogP contribution >= 0.6 is 11.6 Å². The molecule has 5 heteroatoms. The van der Waals surface area contributed by atoms with Gasteiger partial charge in [-0.1, -0.05) is 41.9 Å². The number of nitrogens with one attached hydrogen (secondary N) is 1. The zero-order valence-corrected chi connectivity index (χ0v) is 16.9. The number of Topliss-reactive ketones (excluding diaryl/α,β-unsaturated/α-hetero) is 2. The van der Waals surface area contributed by atoms with Crippen LogP contribution in [-0.2, 0) is 9.59 Å². The van der Waals surface area contributed by atoms with Gasteiger partial charge in [0.05, 0.1) is 17.4 Å². The van der Waals surface area contributed by atoms with E-state index in [4.69, 9.17) is 11.6 Å². The minimum atomic E-state index is -1.40. The largest absolute Gasteiger partial charge is 0.385 e. The first-order valence-electron chi connectivity index (χ1n) is 9.24. The Hall–Kier alpha value is -2.43. The fourth-order valence-corrected chi connectivity index (χ4v) is 4.38. The highest BCUT2D eigenvalue weighted by molar-refractivity contribution is 6.30. The summed E-state index contributed by atoms with van der Waals surface area (Å²) in [7, 11) is 0. The van der Waals surface area contributed by atoms with Gasteiger partial charge in [-0.15, -0.1) is 0 Å². The van der Waals surface area contributed by atoms with Crippen LogP contribution in [0.25, 0.3) is 0 Å². The van der Waals surface area contributed by atoms with Gasteiger partial charge in [-0.3, -0.25) is 9.59 Å². The van der Waals surface area contributed by atoms with E-state index in [1.165, 1.54) is 13.8 Å². The maximum atomic E-state index is 12.7. The number of carbonyl (C=O) groups is 2. The third-order valence-corrected chi connectivity index (χ3v) is 5.58. The molecule has 0 aliphatic heterocycles. The van der Waals surface area contributed by atoms with Crippen molar-refractivity contribution in [3.63, 3.8) is 0 Å². The Morgan fingerprint density at radius 1 is 1.00 bits per heavy atom. The quantitative estimate of drug-likeness (QED) is 0.774. The van der Waals surface area contributed by atoms with E-state index >= 15 is 0 Å². The molecule has 3 rings (SSSR count). The van der Waals surface area contributed by atoms with Crippen molar-refractivity contribution in [1.82, 2.24) is 0 Å². The van der Waals surface area contributed by atoms with Crippen LogP contribution in [0.1, 0.15) is 32.3 Å². The van der Waals surface area contributed by atoms with E-state index in [2.05, 4.69) is 5.32 Å². The summed E-state index contributed by atoms with van der Waals surface area (Å²) in [5.74, 6) is -2.07. The second-order valence-electron chi connectivity index (χ2n) is 7.57. The summed E-state index contributed by atoms with van der Waals surface area (Å²) in [6.07, 6.45) is 1.62. The van der Waals surface area contributed by atoms with Gasteiger partial charge in [0.2, 0.25) is 0 Å². The fraction of sp³-hybridized carbons (Fsp3) is 0.304. The predicted molar refractivity (Wildman–Crippen MR) is 111 cm³/mol. The highest BCUT2D eigenvalue weighted by Crippen LogP contribution is 2.47. The van der Waals surface area contributed by atoms with Crippen LogP contribution in [0.3, 0.4) is 0 Å². The van der Waals surface area contributed by atoms with E-state index in [1.807, 2.05) is 42.5 Å². The summed E-state index contributed by atoms with van der Waals surface area (Å²) in [5, 5.41) is 15.0. The van der Waals surface area contributed by atoms with Gasteiger partial charge in [0.15, 0.2) is 0 Å². The standard InChI is InChI=1S/C23H24ClNO3/c1-14(26)20-19(25-18-7-5-4-6-8-18)13-23(3,28)22(15(2)27)21(20)16-9-11-17(24)12-10-16/h4-13,20-22,25,28H,1-3H3/t20-,21+,22-,23+/m0/s1. The Labute approximate surface area is 170 Å². The van der Waals surface area contributed by atoms with Crippen LogP contribution in [0.4, 0.5) is 5.69 Å². The average Bonchev–Trinajstić information content (AvgIpc) is 2.61. The van der Waals surface area contributed by atoms with Gasteiger partial charge < -0.3 is 10.4 Å². The molecule has 4 atom stereocenters. The second kappa shape index (κ2) is 7.90. The van der Waals surface area contributed by atoms with Crippen LogP contribution in [0, 0.1) is 11.8 Å². The zero-order chi connectivity index (χ0) is 20.5. The van der Waals surface area contributed by atoms with Gasteiger partial charge in [0.25, 0.3) is 0 Å². The van der Waals surface area contributed by atoms with Crippen LogP contribution < -0.4 is 5.32 Å².